The van der Waals surface area contributed by atoms with Gasteiger partial charge in [-0.3, -0.25) is 19.8 Å². The van der Waals surface area contributed by atoms with Gasteiger partial charge < -0.3 is 4.90 Å². The highest BCUT2D eigenvalue weighted by Crippen LogP contribution is 2.19. The van der Waals surface area contributed by atoms with Crippen LogP contribution in [-0.4, -0.2) is 76.5 Å². The van der Waals surface area contributed by atoms with E-state index in [4.69, 9.17) is 0 Å². The second-order valence-corrected chi connectivity index (χ2v) is 5.91. The smallest absolute Gasteiger partial charge is 0.0756 e. The van der Waals surface area contributed by atoms with Gasteiger partial charge in [0.05, 0.1) is 11.4 Å². The number of hydrogen-bond donors (Lipinski definition) is 0. The van der Waals surface area contributed by atoms with Crippen molar-refractivity contribution in [3.05, 3.63) is 23.8 Å². The Labute approximate surface area is 121 Å². The first-order valence-electron chi connectivity index (χ1n) is 7.71. The van der Waals surface area contributed by atoms with Crippen molar-refractivity contribution in [2.45, 2.75) is 26.4 Å². The zero-order valence-electron chi connectivity index (χ0n) is 12.6. The van der Waals surface area contributed by atoms with Gasteiger partial charge in [0.1, 0.15) is 0 Å². The van der Waals surface area contributed by atoms with Gasteiger partial charge in [-0.15, -0.1) is 0 Å². The SMILES string of the molecule is CCN1CCN(C2CN(Cc3nccnc3C)C2)CC1. The van der Waals surface area contributed by atoms with Crippen molar-refractivity contribution < 1.29 is 0 Å². The molecule has 1 aromatic heterocycles. The minimum absolute atomic E-state index is 0.756. The molecule has 0 saturated carbocycles. The average Bonchev–Trinajstić information content (AvgIpc) is 2.44. The fourth-order valence-electron chi connectivity index (χ4n) is 3.15. The summed E-state index contributed by atoms with van der Waals surface area (Å²) < 4.78 is 0. The van der Waals surface area contributed by atoms with Crippen molar-refractivity contribution in [2.24, 2.45) is 0 Å². The Hall–Kier alpha value is -1.04. The first kappa shape index (κ1) is 13.9. The number of aromatic nitrogens is 2. The Balaban J connectivity index is 1.44. The Morgan fingerprint density at radius 3 is 2.40 bits per heavy atom. The van der Waals surface area contributed by atoms with Gasteiger partial charge in [0.2, 0.25) is 0 Å². The third-order valence-corrected chi connectivity index (χ3v) is 4.66. The van der Waals surface area contributed by atoms with Gasteiger partial charge in [-0.1, -0.05) is 6.92 Å². The number of rotatable bonds is 4. The summed E-state index contributed by atoms with van der Waals surface area (Å²) in [5, 5.41) is 0. The number of likely N-dealkylation sites (tertiary alicyclic amines) is 1. The molecule has 5 heteroatoms. The maximum atomic E-state index is 4.43. The first-order chi connectivity index (χ1) is 9.76. The van der Waals surface area contributed by atoms with Gasteiger partial charge in [0, 0.05) is 64.2 Å². The van der Waals surface area contributed by atoms with Gasteiger partial charge in [0.15, 0.2) is 0 Å². The molecule has 0 radical (unpaired) electrons. The van der Waals surface area contributed by atoms with Crippen LogP contribution in [0.15, 0.2) is 12.4 Å². The van der Waals surface area contributed by atoms with Crippen molar-refractivity contribution in [1.82, 2.24) is 24.7 Å². The summed E-state index contributed by atoms with van der Waals surface area (Å²) in [7, 11) is 0. The van der Waals surface area contributed by atoms with Crippen LogP contribution in [-0.2, 0) is 6.54 Å². The quantitative estimate of drug-likeness (QED) is 0.804. The molecule has 0 aromatic carbocycles. The molecule has 5 nitrogen and oxygen atoms in total. The predicted octanol–water partition coefficient (Wildman–Crippen LogP) is 0.607. The van der Waals surface area contributed by atoms with Crippen LogP contribution in [0.2, 0.25) is 0 Å². The van der Waals surface area contributed by atoms with Gasteiger partial charge >= 0.3 is 0 Å². The highest BCUT2D eigenvalue weighted by Gasteiger charge is 2.33. The van der Waals surface area contributed by atoms with Crippen LogP contribution in [0.4, 0.5) is 0 Å². The van der Waals surface area contributed by atoms with Gasteiger partial charge in [-0.05, 0) is 13.5 Å². The second kappa shape index (κ2) is 6.16. The van der Waals surface area contributed by atoms with Crippen molar-refractivity contribution in [3.63, 3.8) is 0 Å². The molecule has 3 heterocycles. The zero-order valence-corrected chi connectivity index (χ0v) is 12.6. The largest absolute Gasteiger partial charge is 0.301 e. The average molecular weight is 275 g/mol. The molecule has 0 unspecified atom stereocenters. The van der Waals surface area contributed by atoms with Crippen LogP contribution in [0.25, 0.3) is 0 Å². The van der Waals surface area contributed by atoms with E-state index in [1.165, 1.54) is 45.8 Å². The molecule has 3 rings (SSSR count). The normalized spacial score (nSPS) is 22.9. The van der Waals surface area contributed by atoms with Crippen molar-refractivity contribution in [3.8, 4) is 0 Å². The summed E-state index contributed by atoms with van der Waals surface area (Å²) in [6.45, 7) is 13.7. The van der Waals surface area contributed by atoms with Crippen LogP contribution in [0.5, 0.6) is 0 Å². The van der Waals surface area contributed by atoms with E-state index in [0.29, 0.717) is 0 Å². The summed E-state index contributed by atoms with van der Waals surface area (Å²) >= 11 is 0. The number of nitrogens with zero attached hydrogens (tertiary/aromatic N) is 5. The molecule has 2 aliphatic rings. The van der Waals surface area contributed by atoms with Gasteiger partial charge in [-0.25, -0.2) is 0 Å². The van der Waals surface area contributed by atoms with E-state index >= 15 is 0 Å². The van der Waals surface area contributed by atoms with Crippen LogP contribution >= 0.6 is 0 Å². The lowest BCUT2D eigenvalue weighted by Crippen LogP contribution is -2.62. The highest BCUT2D eigenvalue weighted by molar-refractivity contribution is 5.09. The van der Waals surface area contributed by atoms with E-state index in [2.05, 4.69) is 31.6 Å². The molecular formula is C15H25N5. The molecule has 0 bridgehead atoms. The number of hydrogen-bond acceptors (Lipinski definition) is 5. The van der Waals surface area contributed by atoms with Crippen LogP contribution in [0, 0.1) is 6.92 Å². The fourth-order valence-corrected chi connectivity index (χ4v) is 3.15. The predicted molar refractivity (Wildman–Crippen MR) is 79.5 cm³/mol. The topological polar surface area (TPSA) is 35.5 Å². The van der Waals surface area contributed by atoms with E-state index in [0.717, 1.165) is 24.0 Å². The van der Waals surface area contributed by atoms with Gasteiger partial charge in [-0.2, -0.15) is 0 Å². The highest BCUT2D eigenvalue weighted by atomic mass is 15.3. The molecule has 0 aliphatic carbocycles. The summed E-state index contributed by atoms with van der Waals surface area (Å²) in [5.41, 5.74) is 2.19. The minimum Gasteiger partial charge on any atom is -0.301 e. The summed E-state index contributed by atoms with van der Waals surface area (Å²) in [6, 6.07) is 0.756. The van der Waals surface area contributed by atoms with Crippen molar-refractivity contribution in [1.29, 1.82) is 0 Å². The lowest BCUT2D eigenvalue weighted by Gasteiger charge is -2.48. The van der Waals surface area contributed by atoms with E-state index in [1.54, 1.807) is 12.4 Å². The Bertz CT molecular complexity index is 436. The monoisotopic (exact) mass is 275 g/mol. The maximum absolute atomic E-state index is 4.43. The standard InChI is InChI=1S/C15H25N5/c1-3-18-6-8-20(9-7-18)14-10-19(11-14)12-15-13(2)16-4-5-17-15/h4-5,14H,3,6-12H2,1-2H3. The minimum atomic E-state index is 0.756. The number of aryl methyl sites for hydroxylation is 1. The van der Waals surface area contributed by atoms with E-state index in [1.807, 2.05) is 6.92 Å². The third kappa shape index (κ3) is 3.00. The Morgan fingerprint density at radius 2 is 1.75 bits per heavy atom. The van der Waals surface area contributed by atoms with Crippen LogP contribution in [0.3, 0.4) is 0 Å². The number of piperazine rings is 1. The molecule has 20 heavy (non-hydrogen) atoms. The van der Waals surface area contributed by atoms with E-state index in [-0.39, 0.29) is 0 Å². The van der Waals surface area contributed by atoms with Crippen LogP contribution in [0.1, 0.15) is 18.3 Å². The van der Waals surface area contributed by atoms with E-state index in [9.17, 15) is 0 Å². The van der Waals surface area contributed by atoms with Crippen LogP contribution < -0.4 is 0 Å². The molecule has 1 aromatic rings. The Morgan fingerprint density at radius 1 is 1.05 bits per heavy atom. The molecule has 2 fully saturated rings. The summed E-state index contributed by atoms with van der Waals surface area (Å²) in [6.07, 6.45) is 3.56. The number of likely N-dealkylation sites (N-methyl/N-ethyl adjacent to an activating group) is 1. The van der Waals surface area contributed by atoms with Crippen molar-refractivity contribution in [2.75, 3.05) is 45.8 Å². The van der Waals surface area contributed by atoms with Crippen molar-refractivity contribution >= 4 is 0 Å². The molecule has 0 N–H and O–H groups in total. The van der Waals surface area contributed by atoms with Gasteiger partial charge in [0.25, 0.3) is 0 Å². The molecule has 2 aliphatic heterocycles. The Kier molecular flexibility index (Phi) is 4.29. The maximum Gasteiger partial charge on any atom is 0.0756 e. The van der Waals surface area contributed by atoms with E-state index < -0.39 is 0 Å². The molecular weight excluding hydrogens is 250 g/mol. The lowest BCUT2D eigenvalue weighted by atomic mass is 10.1. The third-order valence-electron chi connectivity index (χ3n) is 4.66. The molecule has 0 spiro atoms. The lowest BCUT2D eigenvalue weighted by molar-refractivity contribution is 0.00144. The molecule has 2 saturated heterocycles. The molecule has 0 amide bonds. The molecule has 110 valence electrons. The summed E-state index contributed by atoms with van der Waals surface area (Å²) in [4.78, 5) is 16.4. The second-order valence-electron chi connectivity index (χ2n) is 5.91. The fraction of sp³-hybridized carbons (Fsp3) is 0.733. The molecule has 0 atom stereocenters. The first-order valence-corrected chi connectivity index (χ1v) is 7.71. The summed E-state index contributed by atoms with van der Waals surface area (Å²) in [5.74, 6) is 0. The zero-order chi connectivity index (χ0) is 13.9.